The zero-order valence-corrected chi connectivity index (χ0v) is 40.5. The van der Waals surface area contributed by atoms with Crippen molar-refractivity contribution in [3.63, 3.8) is 0 Å². The fourth-order valence-electron chi connectivity index (χ4n) is 9.96. The molecule has 0 saturated heterocycles. The molecule has 3 heterocycles. The molecule has 78 heavy (non-hydrogen) atoms. The van der Waals surface area contributed by atoms with Crippen LogP contribution in [-0.4, -0.2) is 19.5 Å². The van der Waals surface area contributed by atoms with Crippen LogP contribution in [0.5, 0.6) is 0 Å². The Labute approximate surface area is 438 Å². The van der Waals surface area contributed by atoms with Gasteiger partial charge in [-0.2, -0.15) is 52.7 Å². The van der Waals surface area contributed by atoms with Crippen molar-refractivity contribution in [2.24, 2.45) is 0 Å². The van der Waals surface area contributed by atoms with Crippen molar-refractivity contribution in [3.05, 3.63) is 216 Å². The Hall–Kier alpha value is -8.83. The van der Waals surface area contributed by atoms with Gasteiger partial charge >= 0.3 is 24.7 Å². The highest BCUT2D eigenvalue weighted by Crippen LogP contribution is 2.47. The Bertz CT molecular complexity index is 4140. The van der Waals surface area contributed by atoms with Gasteiger partial charge in [0.05, 0.1) is 39.0 Å². The molecule has 0 N–H and O–H groups in total. The molecule has 0 radical (unpaired) electrons. The van der Waals surface area contributed by atoms with Crippen LogP contribution in [0.2, 0.25) is 0 Å². The van der Waals surface area contributed by atoms with E-state index in [0.29, 0.717) is 63.9 Å². The molecule has 4 nitrogen and oxygen atoms in total. The molecule has 0 aliphatic rings. The van der Waals surface area contributed by atoms with Gasteiger partial charge in [0.15, 0.2) is 17.5 Å². The number of thiophene rings is 1. The van der Waals surface area contributed by atoms with Crippen molar-refractivity contribution < 1.29 is 52.7 Å². The SMILES string of the molecule is FC(F)(F)c1ccc(-c2ccc3c(c2)c2cc(-c4ccc(C(F)(F)F)cc4C(F)(F)F)ccc2n3-c2ccc(-c3ccc4c(c3)sc3ccccc34)cc2-c2nc(-c3ccccc3)nc(-c3ccccc3)n2)c(C(F)(F)F)c1. The minimum Gasteiger partial charge on any atom is -0.308 e. The van der Waals surface area contributed by atoms with E-state index in [4.69, 9.17) is 15.0 Å². The lowest BCUT2D eigenvalue weighted by molar-refractivity contribution is -0.144. The summed E-state index contributed by atoms with van der Waals surface area (Å²) in [7, 11) is 0. The second kappa shape index (κ2) is 18.4. The van der Waals surface area contributed by atoms with Gasteiger partial charge in [0.1, 0.15) is 0 Å². The van der Waals surface area contributed by atoms with Crippen LogP contribution in [0.1, 0.15) is 22.3 Å². The third kappa shape index (κ3) is 9.06. The van der Waals surface area contributed by atoms with Crippen molar-refractivity contribution >= 4 is 53.3 Å². The van der Waals surface area contributed by atoms with E-state index in [1.807, 2.05) is 109 Å². The molecule has 0 amide bonds. The number of hydrogen-bond acceptors (Lipinski definition) is 4. The highest BCUT2D eigenvalue weighted by molar-refractivity contribution is 7.25. The number of alkyl halides is 12. The van der Waals surface area contributed by atoms with Crippen LogP contribution in [0.3, 0.4) is 0 Å². The molecule has 0 aliphatic heterocycles. The normalized spacial score (nSPS) is 12.6. The summed E-state index contributed by atoms with van der Waals surface area (Å²) in [5.41, 5.74) is -3.75. The number of hydrogen-bond donors (Lipinski definition) is 0. The van der Waals surface area contributed by atoms with E-state index in [9.17, 15) is 52.7 Å². The Morgan fingerprint density at radius 2 is 0.756 bits per heavy atom. The first-order valence-corrected chi connectivity index (χ1v) is 24.6. The van der Waals surface area contributed by atoms with Gasteiger partial charge in [-0.1, -0.05) is 121 Å². The number of aromatic nitrogens is 4. The molecule has 0 fully saturated rings. The van der Waals surface area contributed by atoms with Crippen molar-refractivity contribution in [1.29, 1.82) is 0 Å². The van der Waals surface area contributed by atoms with Crippen LogP contribution in [-0.2, 0) is 24.7 Å². The Balaban J connectivity index is 1.15. The van der Waals surface area contributed by atoms with Crippen LogP contribution in [0.4, 0.5) is 52.7 Å². The van der Waals surface area contributed by atoms with Crippen LogP contribution in [0.15, 0.2) is 194 Å². The van der Waals surface area contributed by atoms with Gasteiger partial charge in [-0.25, -0.2) is 15.0 Å². The summed E-state index contributed by atoms with van der Waals surface area (Å²) in [6.45, 7) is 0. The Morgan fingerprint density at radius 3 is 1.27 bits per heavy atom. The summed E-state index contributed by atoms with van der Waals surface area (Å²) in [6.07, 6.45) is -20.8. The molecule has 0 aliphatic carbocycles. The lowest BCUT2D eigenvalue weighted by Gasteiger charge is -2.17. The summed E-state index contributed by atoms with van der Waals surface area (Å²) >= 11 is 1.62. The summed E-state index contributed by atoms with van der Waals surface area (Å²) in [5.74, 6) is 0.769. The van der Waals surface area contributed by atoms with Gasteiger partial charge in [0.2, 0.25) is 0 Å². The van der Waals surface area contributed by atoms with E-state index >= 15 is 0 Å². The maximum Gasteiger partial charge on any atom is 0.417 e. The van der Waals surface area contributed by atoms with Crippen molar-refractivity contribution in [2.45, 2.75) is 24.7 Å². The van der Waals surface area contributed by atoms with Crippen LogP contribution < -0.4 is 0 Å². The highest BCUT2D eigenvalue weighted by Gasteiger charge is 2.40. The smallest absolute Gasteiger partial charge is 0.308 e. The second-order valence-electron chi connectivity index (χ2n) is 18.4. The molecule has 0 spiro atoms. The van der Waals surface area contributed by atoms with Crippen LogP contribution in [0.25, 0.3) is 115 Å². The molecule has 0 atom stereocenters. The number of benzene rings is 9. The van der Waals surface area contributed by atoms with Crippen molar-refractivity contribution in [3.8, 4) is 73.2 Å². The van der Waals surface area contributed by atoms with Gasteiger partial charge < -0.3 is 4.57 Å². The number of nitrogens with zero attached hydrogens (tertiary/aromatic N) is 4. The molecule has 17 heteroatoms. The predicted octanol–water partition coefficient (Wildman–Crippen LogP) is 19.4. The molecule has 9 aromatic carbocycles. The first kappa shape index (κ1) is 50.0. The molecule has 12 rings (SSSR count). The summed E-state index contributed by atoms with van der Waals surface area (Å²) < 4.78 is 176. The summed E-state index contributed by atoms with van der Waals surface area (Å²) in [6, 6.07) is 48.4. The minimum atomic E-state index is -5.27. The Morgan fingerprint density at radius 1 is 0.308 bits per heavy atom. The molecule has 0 bridgehead atoms. The lowest BCUT2D eigenvalue weighted by Crippen LogP contribution is -2.12. The van der Waals surface area contributed by atoms with Gasteiger partial charge in [0, 0.05) is 47.6 Å². The topological polar surface area (TPSA) is 43.6 Å². The predicted molar refractivity (Wildman–Crippen MR) is 280 cm³/mol. The number of rotatable bonds is 7. The molecular formula is C61H32F12N4S. The first-order chi connectivity index (χ1) is 37.2. The first-order valence-electron chi connectivity index (χ1n) is 23.8. The average molecular weight is 1080 g/mol. The molecule has 386 valence electrons. The van der Waals surface area contributed by atoms with Gasteiger partial charge in [-0.3, -0.25) is 0 Å². The van der Waals surface area contributed by atoms with Crippen LogP contribution in [0, 0.1) is 0 Å². The van der Waals surface area contributed by atoms with E-state index in [1.165, 1.54) is 36.4 Å². The fourth-order valence-corrected chi connectivity index (χ4v) is 11.1. The molecule has 0 unspecified atom stereocenters. The third-order valence-corrected chi connectivity index (χ3v) is 14.7. The molecular weight excluding hydrogens is 1050 g/mol. The summed E-state index contributed by atoms with van der Waals surface area (Å²) in [4.78, 5) is 15.0. The molecule has 12 aromatic rings. The van der Waals surface area contributed by atoms with Gasteiger partial charge in [-0.05, 0) is 106 Å². The van der Waals surface area contributed by atoms with Gasteiger partial charge in [0.25, 0.3) is 0 Å². The van der Waals surface area contributed by atoms with E-state index in [0.717, 1.165) is 25.7 Å². The van der Waals surface area contributed by atoms with Gasteiger partial charge in [-0.15, -0.1) is 11.3 Å². The third-order valence-electron chi connectivity index (χ3n) is 13.6. The van der Waals surface area contributed by atoms with Crippen molar-refractivity contribution in [1.82, 2.24) is 19.5 Å². The van der Waals surface area contributed by atoms with Crippen molar-refractivity contribution in [2.75, 3.05) is 0 Å². The number of fused-ring (bicyclic) bond motifs is 6. The van der Waals surface area contributed by atoms with E-state index < -0.39 is 58.1 Å². The maximum absolute atomic E-state index is 14.8. The van der Waals surface area contributed by atoms with E-state index in [2.05, 4.69) is 6.07 Å². The monoisotopic (exact) mass is 1080 g/mol. The number of halogens is 12. The zero-order chi connectivity index (χ0) is 54.5. The quantitative estimate of drug-likeness (QED) is 0.149. The minimum absolute atomic E-state index is 0.0126. The lowest BCUT2D eigenvalue weighted by atomic mass is 9.94. The summed E-state index contributed by atoms with van der Waals surface area (Å²) in [5, 5.41) is 2.41. The molecule has 3 aromatic heterocycles. The van der Waals surface area contributed by atoms with E-state index in [1.54, 1.807) is 22.0 Å². The highest BCUT2D eigenvalue weighted by atomic mass is 32.1. The van der Waals surface area contributed by atoms with Crippen LogP contribution >= 0.6 is 11.3 Å². The van der Waals surface area contributed by atoms with E-state index in [-0.39, 0.29) is 50.9 Å². The second-order valence-corrected chi connectivity index (χ2v) is 19.5. The Kier molecular flexibility index (Phi) is 11.8. The zero-order valence-electron chi connectivity index (χ0n) is 39.7. The average Bonchev–Trinajstić information content (AvgIpc) is 4.18. The maximum atomic E-state index is 14.8. The fraction of sp³-hybridized carbons (Fsp3) is 0.0656. The molecule has 0 saturated carbocycles. The largest absolute Gasteiger partial charge is 0.417 e. The standard InChI is InChI=1S/C61H32F12N4S/c62-58(63,64)39-19-22-41(48(31-39)60(68,69)70)37-17-25-50-45(28-37)46-29-38(42-23-20-40(59(65,66)67)32-49(42)61(71,72)73)18-26-51(46)77(50)52-24-16-35(36-15-21-44-43-13-7-8-14-53(43)78-54(44)30-36)27-47(52)57-75-55(33-9-3-1-4-10-33)74-56(76-57)34-11-5-2-6-12-34/h1-32H.